The first-order chi connectivity index (χ1) is 9.54. The van der Waals surface area contributed by atoms with Crippen LogP contribution in [0.5, 0.6) is 5.75 Å². The normalized spacial score (nSPS) is 20.1. The number of phenolic OH excluding ortho intramolecular Hbond substituents is 1. The number of carbonyl (C=O) groups excluding carboxylic acids is 2. The van der Waals surface area contributed by atoms with Gasteiger partial charge in [0.25, 0.3) is 0 Å². The molecule has 0 aliphatic carbocycles. The van der Waals surface area contributed by atoms with Crippen molar-refractivity contribution in [3.8, 4) is 5.75 Å². The molecule has 0 saturated carbocycles. The summed E-state index contributed by atoms with van der Waals surface area (Å²) < 4.78 is 0. The molecule has 2 atom stereocenters. The maximum absolute atomic E-state index is 12.0. The van der Waals surface area contributed by atoms with E-state index in [2.05, 4.69) is 10.6 Å². The molecule has 1 aliphatic heterocycles. The van der Waals surface area contributed by atoms with E-state index in [9.17, 15) is 14.7 Å². The number of hydrogen-bond acceptors (Lipinski definition) is 4. The quantitative estimate of drug-likeness (QED) is 0.604. The highest BCUT2D eigenvalue weighted by molar-refractivity contribution is 5.83. The number of phenols is 1. The summed E-state index contributed by atoms with van der Waals surface area (Å²) in [7, 11) is 0. The Balaban J connectivity index is 1.82. The van der Waals surface area contributed by atoms with Gasteiger partial charge < -0.3 is 21.5 Å². The van der Waals surface area contributed by atoms with Crippen LogP contribution < -0.4 is 16.4 Å². The van der Waals surface area contributed by atoms with Crippen LogP contribution in [0.4, 0.5) is 0 Å². The fourth-order valence-electron chi connectivity index (χ4n) is 2.14. The summed E-state index contributed by atoms with van der Waals surface area (Å²) >= 11 is 0. The molecule has 0 bridgehead atoms. The number of benzene rings is 1. The number of piperidine rings is 1. The molecule has 1 saturated heterocycles. The van der Waals surface area contributed by atoms with Crippen molar-refractivity contribution in [2.45, 2.75) is 31.3 Å². The van der Waals surface area contributed by atoms with E-state index in [1.54, 1.807) is 24.3 Å². The minimum absolute atomic E-state index is 0.0175. The summed E-state index contributed by atoms with van der Waals surface area (Å²) in [6.07, 6.45) is 1.48. The molecule has 108 valence electrons. The lowest BCUT2D eigenvalue weighted by molar-refractivity contribution is -0.126. The van der Waals surface area contributed by atoms with Crippen molar-refractivity contribution in [1.29, 1.82) is 0 Å². The average molecular weight is 277 g/mol. The smallest absolute Gasteiger partial charge is 0.237 e. The Morgan fingerprint density at radius 3 is 2.75 bits per heavy atom. The highest BCUT2D eigenvalue weighted by Gasteiger charge is 2.22. The van der Waals surface area contributed by atoms with Crippen molar-refractivity contribution in [2.75, 3.05) is 6.54 Å². The molecular formula is C14H19N3O3. The Morgan fingerprint density at radius 1 is 1.45 bits per heavy atom. The van der Waals surface area contributed by atoms with E-state index < -0.39 is 6.04 Å². The van der Waals surface area contributed by atoms with Gasteiger partial charge in [0.15, 0.2) is 0 Å². The van der Waals surface area contributed by atoms with Gasteiger partial charge in [0.1, 0.15) is 5.75 Å². The lowest BCUT2D eigenvalue weighted by atomic mass is 10.0. The molecular weight excluding hydrogens is 258 g/mol. The van der Waals surface area contributed by atoms with Gasteiger partial charge in [0.05, 0.1) is 6.04 Å². The lowest BCUT2D eigenvalue weighted by Crippen LogP contribution is -2.52. The Bertz CT molecular complexity index is 477. The number of nitrogens with two attached hydrogens (primary N) is 1. The van der Waals surface area contributed by atoms with Crippen molar-refractivity contribution in [2.24, 2.45) is 5.73 Å². The summed E-state index contributed by atoms with van der Waals surface area (Å²) in [5, 5.41) is 14.7. The van der Waals surface area contributed by atoms with E-state index in [0.29, 0.717) is 25.8 Å². The number of nitrogens with one attached hydrogen (secondary N) is 2. The summed E-state index contributed by atoms with van der Waals surface area (Å²) in [6, 6.07) is 5.92. The van der Waals surface area contributed by atoms with E-state index in [-0.39, 0.29) is 23.6 Å². The van der Waals surface area contributed by atoms with Gasteiger partial charge in [0.2, 0.25) is 11.8 Å². The average Bonchev–Trinajstić information content (AvgIpc) is 2.44. The zero-order valence-corrected chi connectivity index (χ0v) is 11.1. The van der Waals surface area contributed by atoms with Crippen LogP contribution in [0, 0.1) is 0 Å². The van der Waals surface area contributed by atoms with Gasteiger partial charge in [-0.1, -0.05) is 12.1 Å². The van der Waals surface area contributed by atoms with Crippen molar-refractivity contribution in [3.63, 3.8) is 0 Å². The summed E-state index contributed by atoms with van der Waals surface area (Å²) in [4.78, 5) is 23.0. The van der Waals surface area contributed by atoms with Crippen LogP contribution in [0.15, 0.2) is 24.3 Å². The Labute approximate surface area is 117 Å². The predicted molar refractivity (Wildman–Crippen MR) is 74.0 cm³/mol. The SMILES string of the molecule is N[C@H](Cc1ccc(O)cc1)C(=O)NC1CCC(=O)NC1. The molecule has 0 radical (unpaired) electrons. The van der Waals surface area contributed by atoms with Crippen molar-refractivity contribution in [3.05, 3.63) is 29.8 Å². The second-order valence-corrected chi connectivity index (χ2v) is 5.03. The van der Waals surface area contributed by atoms with E-state index in [4.69, 9.17) is 5.73 Å². The number of carbonyl (C=O) groups is 2. The maximum atomic E-state index is 12.0. The molecule has 2 amide bonds. The van der Waals surface area contributed by atoms with Crippen LogP contribution in [-0.4, -0.2) is 35.5 Å². The summed E-state index contributed by atoms with van der Waals surface area (Å²) in [5.41, 5.74) is 6.76. The van der Waals surface area contributed by atoms with E-state index in [1.807, 2.05) is 0 Å². The van der Waals surface area contributed by atoms with Gasteiger partial charge in [-0.25, -0.2) is 0 Å². The first-order valence-electron chi connectivity index (χ1n) is 6.65. The van der Waals surface area contributed by atoms with Crippen LogP contribution in [0.1, 0.15) is 18.4 Å². The molecule has 5 N–H and O–H groups in total. The standard InChI is InChI=1S/C14H19N3O3/c15-12(7-9-1-4-11(18)5-2-9)14(20)17-10-3-6-13(19)16-8-10/h1-2,4-5,10,12,18H,3,6-8,15H2,(H,16,19)(H,17,20)/t10?,12-/m1/s1. The van der Waals surface area contributed by atoms with Crippen LogP contribution in [0.3, 0.4) is 0 Å². The molecule has 1 aliphatic rings. The zero-order chi connectivity index (χ0) is 14.5. The predicted octanol–water partition coefficient (Wildman–Crippen LogP) is -0.343. The highest BCUT2D eigenvalue weighted by atomic mass is 16.3. The van der Waals surface area contributed by atoms with E-state index >= 15 is 0 Å². The molecule has 20 heavy (non-hydrogen) atoms. The number of rotatable bonds is 4. The third-order valence-electron chi connectivity index (χ3n) is 3.34. The molecule has 0 spiro atoms. The Morgan fingerprint density at radius 2 is 2.15 bits per heavy atom. The number of hydrogen-bond donors (Lipinski definition) is 4. The van der Waals surface area contributed by atoms with Gasteiger partial charge in [-0.2, -0.15) is 0 Å². The first-order valence-corrected chi connectivity index (χ1v) is 6.65. The van der Waals surface area contributed by atoms with E-state index in [1.165, 1.54) is 0 Å². The third kappa shape index (κ3) is 3.96. The second-order valence-electron chi connectivity index (χ2n) is 5.03. The largest absolute Gasteiger partial charge is 0.508 e. The van der Waals surface area contributed by atoms with Crippen LogP contribution in [0.25, 0.3) is 0 Å². The Hall–Kier alpha value is -2.08. The monoisotopic (exact) mass is 277 g/mol. The summed E-state index contributed by atoms with van der Waals surface area (Å²) in [6.45, 7) is 0.455. The highest BCUT2D eigenvalue weighted by Crippen LogP contribution is 2.11. The van der Waals surface area contributed by atoms with E-state index in [0.717, 1.165) is 5.56 Å². The molecule has 1 aromatic rings. The minimum Gasteiger partial charge on any atom is -0.508 e. The molecule has 1 heterocycles. The lowest BCUT2D eigenvalue weighted by Gasteiger charge is -2.25. The van der Waals surface area contributed by atoms with Gasteiger partial charge in [0, 0.05) is 19.0 Å². The zero-order valence-electron chi connectivity index (χ0n) is 11.1. The van der Waals surface area contributed by atoms with Gasteiger partial charge in [-0.05, 0) is 30.5 Å². The topological polar surface area (TPSA) is 104 Å². The minimum atomic E-state index is -0.642. The first kappa shape index (κ1) is 14.3. The molecule has 0 aromatic heterocycles. The van der Waals surface area contributed by atoms with Crippen molar-refractivity contribution < 1.29 is 14.7 Å². The molecule has 2 rings (SSSR count). The fraction of sp³-hybridized carbons (Fsp3) is 0.429. The Kier molecular flexibility index (Phi) is 4.57. The van der Waals surface area contributed by atoms with Crippen molar-refractivity contribution >= 4 is 11.8 Å². The molecule has 6 nitrogen and oxygen atoms in total. The van der Waals surface area contributed by atoms with Gasteiger partial charge in [-0.3, -0.25) is 9.59 Å². The molecule has 1 aromatic carbocycles. The van der Waals surface area contributed by atoms with Gasteiger partial charge >= 0.3 is 0 Å². The second kappa shape index (κ2) is 6.38. The van der Waals surface area contributed by atoms with Crippen LogP contribution in [0.2, 0.25) is 0 Å². The summed E-state index contributed by atoms with van der Waals surface area (Å²) in [5.74, 6) is -0.0205. The van der Waals surface area contributed by atoms with Crippen LogP contribution >= 0.6 is 0 Å². The van der Waals surface area contributed by atoms with Crippen molar-refractivity contribution in [1.82, 2.24) is 10.6 Å². The third-order valence-corrected chi connectivity index (χ3v) is 3.34. The molecule has 1 unspecified atom stereocenters. The fourth-order valence-corrected chi connectivity index (χ4v) is 2.14. The van der Waals surface area contributed by atoms with Gasteiger partial charge in [-0.15, -0.1) is 0 Å². The number of amides is 2. The molecule has 6 heteroatoms. The number of aromatic hydroxyl groups is 1. The maximum Gasteiger partial charge on any atom is 0.237 e. The molecule has 1 fully saturated rings. The van der Waals surface area contributed by atoms with Crippen LogP contribution in [-0.2, 0) is 16.0 Å².